The molecule has 0 bridgehead atoms. The second-order valence-corrected chi connectivity index (χ2v) is 19.6. The number of imidazole rings is 1. The molecule has 1 N–H and O–H groups in total. The highest BCUT2D eigenvalue weighted by atomic mass is 16.3. The number of nitrogens with zero attached hydrogens (tertiary/aromatic N) is 3. The molecule has 0 aliphatic carbocycles. The molecule has 4 heteroatoms. The molecule has 0 saturated carbocycles. The van der Waals surface area contributed by atoms with Gasteiger partial charge in [0, 0.05) is 27.0 Å². The zero-order valence-corrected chi connectivity index (χ0v) is 36.6. The molecule has 9 rings (SSSR count). The number of hydrogen-bond acceptors (Lipinski definition) is 3. The van der Waals surface area contributed by atoms with Gasteiger partial charge in [-0.25, -0.2) is 4.98 Å². The van der Waals surface area contributed by atoms with Crippen LogP contribution in [0.1, 0.15) is 88.7 Å². The molecule has 0 radical (unpaired) electrons. The minimum absolute atomic E-state index is 0.127. The van der Waals surface area contributed by atoms with E-state index < -0.39 is 12.3 Å². The topological polar surface area (TPSA) is 50.9 Å². The van der Waals surface area contributed by atoms with Gasteiger partial charge >= 0.3 is 0 Å². The third-order valence-corrected chi connectivity index (χ3v) is 12.1. The predicted molar refractivity (Wildman–Crippen MR) is 258 cm³/mol. The summed E-state index contributed by atoms with van der Waals surface area (Å²) in [7, 11) is 0. The highest BCUT2D eigenvalue weighted by molar-refractivity contribution is 6.09. The van der Waals surface area contributed by atoms with Crippen LogP contribution in [0.15, 0.2) is 146 Å². The lowest BCUT2D eigenvalue weighted by Crippen LogP contribution is -2.17. The highest BCUT2D eigenvalue weighted by Gasteiger charge is 2.29. The van der Waals surface area contributed by atoms with Crippen molar-refractivity contribution in [2.45, 2.75) is 85.4 Å². The summed E-state index contributed by atoms with van der Waals surface area (Å²) in [4.78, 5) is 10.5. The van der Waals surface area contributed by atoms with Crippen LogP contribution in [0.4, 0.5) is 0 Å². The summed E-state index contributed by atoms with van der Waals surface area (Å²) in [6, 6.07) is 47.5. The van der Waals surface area contributed by atoms with Gasteiger partial charge in [-0.3, -0.25) is 9.55 Å². The Morgan fingerprint density at radius 3 is 1.98 bits per heavy atom. The molecule has 9 aromatic rings. The van der Waals surface area contributed by atoms with E-state index in [4.69, 9.17) is 14.1 Å². The number of aromatic nitrogens is 3. The third kappa shape index (κ3) is 7.29. The number of aromatic hydroxyl groups is 1. The van der Waals surface area contributed by atoms with E-state index in [1.807, 2.05) is 89.6 Å². The molecule has 0 spiro atoms. The lowest BCUT2D eigenvalue weighted by molar-refractivity contribution is 0.446. The number of phenols is 1. The van der Waals surface area contributed by atoms with E-state index in [1.165, 1.54) is 0 Å². The molecule has 0 aliphatic heterocycles. The third-order valence-electron chi connectivity index (χ3n) is 12.1. The average molecular weight is 801 g/mol. The smallest absolute Gasteiger partial charge is 0.149 e. The molecule has 0 unspecified atom stereocenters. The van der Waals surface area contributed by atoms with Crippen molar-refractivity contribution in [2.75, 3.05) is 0 Å². The van der Waals surface area contributed by atoms with Crippen LogP contribution >= 0.6 is 0 Å². The van der Waals surface area contributed by atoms with Gasteiger partial charge in [-0.05, 0) is 127 Å². The summed E-state index contributed by atoms with van der Waals surface area (Å²) in [6.45, 7) is 17.0. The normalized spacial score (nSPS) is 13.4. The molecule has 0 aliphatic rings. The number of phenolic OH excluding ortho intramolecular Hbond substituents is 1. The second kappa shape index (κ2) is 14.6. The summed E-state index contributed by atoms with van der Waals surface area (Å²) in [5.41, 5.74) is 10.6. The van der Waals surface area contributed by atoms with Crippen LogP contribution in [0.3, 0.4) is 0 Å². The molecule has 4 nitrogen and oxygen atoms in total. The lowest BCUT2D eigenvalue weighted by Gasteiger charge is -2.27. The quantitative estimate of drug-likeness (QED) is 0.176. The van der Waals surface area contributed by atoms with Crippen molar-refractivity contribution in [3.8, 4) is 56.3 Å². The van der Waals surface area contributed by atoms with Gasteiger partial charge in [0.25, 0.3) is 0 Å². The average Bonchev–Trinajstić information content (AvgIpc) is 3.64. The maximum Gasteiger partial charge on any atom is 0.149 e. The molecule has 61 heavy (non-hydrogen) atoms. The van der Waals surface area contributed by atoms with Crippen molar-refractivity contribution >= 4 is 32.6 Å². The van der Waals surface area contributed by atoms with E-state index in [1.54, 1.807) is 0 Å². The number of benzene rings is 7. The molecule has 2 heterocycles. The monoisotopic (exact) mass is 800 g/mol. The van der Waals surface area contributed by atoms with E-state index in [9.17, 15) is 5.11 Å². The van der Waals surface area contributed by atoms with Crippen LogP contribution in [0.5, 0.6) is 5.75 Å². The first-order chi connectivity index (χ1) is 30.2. The first-order valence-corrected chi connectivity index (χ1v) is 21.2. The van der Waals surface area contributed by atoms with E-state index in [2.05, 4.69) is 123 Å². The zero-order chi connectivity index (χ0) is 45.5. The fraction of sp³-hybridized carbons (Fsp3) is 0.228. The van der Waals surface area contributed by atoms with Crippen molar-refractivity contribution in [3.05, 3.63) is 168 Å². The summed E-state index contributed by atoms with van der Waals surface area (Å²) < 4.78 is 29.0. The van der Waals surface area contributed by atoms with E-state index in [-0.39, 0.29) is 22.1 Å². The first kappa shape index (κ1) is 36.3. The Kier molecular flexibility index (Phi) is 8.69. The van der Waals surface area contributed by atoms with Gasteiger partial charge in [0.15, 0.2) is 0 Å². The van der Waals surface area contributed by atoms with Crippen LogP contribution in [-0.4, -0.2) is 19.6 Å². The summed E-state index contributed by atoms with van der Waals surface area (Å²) in [5, 5.41) is 16.4. The van der Waals surface area contributed by atoms with Crippen LogP contribution in [0.25, 0.3) is 83.2 Å². The second-order valence-electron chi connectivity index (χ2n) is 19.6. The van der Waals surface area contributed by atoms with E-state index in [0.29, 0.717) is 22.6 Å². The van der Waals surface area contributed by atoms with Crippen LogP contribution in [0.2, 0.25) is 0 Å². The van der Waals surface area contributed by atoms with Gasteiger partial charge in [0.1, 0.15) is 11.6 Å². The SMILES string of the molecule is [2H]C([2H])([2H])c1cc2ccc3ccccc3c2cc1-n1c(-c2cc(C(C)(C)C)cc(C(C)(C)C)c2O)nc2c(-c3cc(-c4cc(-c5ccccc5)ccn4)cc(C(C)(C)C)c3)cccc21. The molecule has 0 atom stereocenters. The van der Waals surface area contributed by atoms with Crippen molar-refractivity contribution in [2.24, 2.45) is 0 Å². The molecule has 0 fully saturated rings. The standard InChI is InChI=1S/C57H55N3O/c1-35-27-39-24-23-37-19-14-15-20-44(37)46(39)34-51(35)60-50-22-16-21-45(52(50)59-54(60)47-32-43(56(5,6)7)33-48(53(47)61)57(8,9)10)40-28-41(30-42(29-40)55(2,3)4)49-31-38(25-26-58-49)36-17-12-11-13-18-36/h11-34,61H,1-10H3/i1D3. The van der Waals surface area contributed by atoms with Gasteiger partial charge in [-0.2, -0.15) is 0 Å². The van der Waals surface area contributed by atoms with Crippen LogP contribution in [0, 0.1) is 6.85 Å². The minimum Gasteiger partial charge on any atom is -0.507 e. The van der Waals surface area contributed by atoms with Crippen molar-refractivity contribution in [1.29, 1.82) is 0 Å². The maximum atomic E-state index is 12.5. The number of hydrogen-bond donors (Lipinski definition) is 1. The van der Waals surface area contributed by atoms with E-state index in [0.717, 1.165) is 77.3 Å². The van der Waals surface area contributed by atoms with Gasteiger partial charge < -0.3 is 5.11 Å². The summed E-state index contributed by atoms with van der Waals surface area (Å²) >= 11 is 0. The van der Waals surface area contributed by atoms with Gasteiger partial charge in [-0.15, -0.1) is 0 Å². The number of aryl methyl sites for hydroxylation is 1. The number of pyridine rings is 1. The molecular weight excluding hydrogens is 743 g/mol. The maximum absolute atomic E-state index is 12.5. The summed E-state index contributed by atoms with van der Waals surface area (Å²) in [5.74, 6) is 0.590. The predicted octanol–water partition coefficient (Wildman–Crippen LogP) is 15.3. The van der Waals surface area contributed by atoms with Crippen molar-refractivity contribution in [1.82, 2.24) is 14.5 Å². The minimum atomic E-state index is -2.48. The van der Waals surface area contributed by atoms with Crippen LogP contribution in [-0.2, 0) is 16.2 Å². The Labute approximate surface area is 364 Å². The largest absolute Gasteiger partial charge is 0.507 e. The Morgan fingerprint density at radius 2 is 1.25 bits per heavy atom. The molecule has 0 saturated heterocycles. The van der Waals surface area contributed by atoms with Gasteiger partial charge in [0.2, 0.25) is 0 Å². The first-order valence-electron chi connectivity index (χ1n) is 22.7. The Bertz CT molecular complexity index is 3270. The Balaban J connectivity index is 1.40. The van der Waals surface area contributed by atoms with Crippen molar-refractivity contribution < 1.29 is 9.22 Å². The zero-order valence-electron chi connectivity index (χ0n) is 39.6. The van der Waals surface area contributed by atoms with Gasteiger partial charge in [-0.1, -0.05) is 153 Å². The number of rotatable bonds is 5. The van der Waals surface area contributed by atoms with E-state index >= 15 is 0 Å². The fourth-order valence-electron chi connectivity index (χ4n) is 8.56. The fourth-order valence-corrected chi connectivity index (χ4v) is 8.56. The lowest BCUT2D eigenvalue weighted by atomic mass is 9.79. The number of para-hydroxylation sites is 1. The van der Waals surface area contributed by atoms with Crippen molar-refractivity contribution in [3.63, 3.8) is 0 Å². The molecule has 7 aromatic carbocycles. The Morgan fingerprint density at radius 1 is 0.541 bits per heavy atom. The van der Waals surface area contributed by atoms with Crippen LogP contribution < -0.4 is 0 Å². The highest BCUT2D eigenvalue weighted by Crippen LogP contribution is 2.45. The molecule has 2 aromatic heterocycles. The van der Waals surface area contributed by atoms with Gasteiger partial charge in [0.05, 0.1) is 28.0 Å². The Hall–Kier alpha value is -6.52. The molecule has 0 amide bonds. The molecule has 304 valence electrons. The summed E-state index contributed by atoms with van der Waals surface area (Å²) in [6.07, 6.45) is 1.87. The number of fused-ring (bicyclic) bond motifs is 4. The molecular formula is C57H55N3O.